The fourth-order valence-electron chi connectivity index (χ4n) is 2.37. The summed E-state index contributed by atoms with van der Waals surface area (Å²) < 4.78 is 6.22. The molecule has 0 spiro atoms. The van der Waals surface area contributed by atoms with Crippen molar-refractivity contribution < 1.29 is 0 Å². The first-order valence-electron chi connectivity index (χ1n) is 9.34. The molecule has 0 nitrogen and oxygen atoms in total. The molecule has 0 bridgehead atoms. The van der Waals surface area contributed by atoms with Gasteiger partial charge >= 0.3 is 0 Å². The van der Waals surface area contributed by atoms with Gasteiger partial charge in [-0.15, -0.1) is 23.5 Å². The van der Waals surface area contributed by atoms with Gasteiger partial charge in [0.05, 0.1) is 16.9 Å². The van der Waals surface area contributed by atoms with Crippen LogP contribution in [0.25, 0.3) is 0 Å². The van der Waals surface area contributed by atoms with Gasteiger partial charge in [0.25, 0.3) is 0 Å². The molecule has 0 amide bonds. The highest BCUT2D eigenvalue weighted by Gasteiger charge is 2.28. The van der Waals surface area contributed by atoms with Crippen LogP contribution >= 0.6 is 70.6 Å². The molecule has 0 saturated carbocycles. The summed E-state index contributed by atoms with van der Waals surface area (Å²) in [4.78, 5) is 3.08. The van der Waals surface area contributed by atoms with Gasteiger partial charge in [0.15, 0.2) is 0 Å². The molecular weight excluding hydrogens is 421 g/mol. The van der Waals surface area contributed by atoms with Gasteiger partial charge in [-0.3, -0.25) is 0 Å². The van der Waals surface area contributed by atoms with Crippen LogP contribution in [0, 0.1) is 0 Å². The number of rotatable bonds is 11. The summed E-state index contributed by atoms with van der Waals surface area (Å²) in [6, 6.07) is 0. The first-order valence-corrected chi connectivity index (χ1v) is 14.6. The molecule has 142 valence electrons. The smallest absolute Gasteiger partial charge is 0.0717 e. The summed E-state index contributed by atoms with van der Waals surface area (Å²) in [7, 11) is 0. The Morgan fingerprint density at radius 2 is 1.20 bits per heavy atom. The summed E-state index contributed by atoms with van der Waals surface area (Å²) in [5.41, 5.74) is 0. The zero-order valence-electron chi connectivity index (χ0n) is 15.8. The van der Waals surface area contributed by atoms with Gasteiger partial charge in [-0.1, -0.05) is 93.5 Å². The minimum atomic E-state index is 1.17. The molecule has 0 aromatic carbocycles. The van der Waals surface area contributed by atoms with E-state index < -0.39 is 0 Å². The molecule has 2 aliphatic rings. The van der Waals surface area contributed by atoms with E-state index in [1.807, 2.05) is 47.0 Å². The predicted molar refractivity (Wildman–Crippen MR) is 131 cm³/mol. The van der Waals surface area contributed by atoms with Crippen molar-refractivity contribution in [1.29, 1.82) is 0 Å². The molecule has 0 N–H and O–H groups in total. The van der Waals surface area contributed by atoms with Crippen LogP contribution in [0.1, 0.15) is 72.6 Å². The van der Waals surface area contributed by atoms with Crippen molar-refractivity contribution in [3.63, 3.8) is 0 Å². The zero-order chi connectivity index (χ0) is 18.1. The van der Waals surface area contributed by atoms with Crippen molar-refractivity contribution in [2.75, 3.05) is 11.5 Å². The number of allylic oxidation sites excluding steroid dienone is 2. The van der Waals surface area contributed by atoms with Crippen LogP contribution in [0.15, 0.2) is 26.8 Å². The van der Waals surface area contributed by atoms with Gasteiger partial charge in [-0.25, -0.2) is 0 Å². The molecule has 2 heterocycles. The summed E-state index contributed by atoms with van der Waals surface area (Å²) >= 11 is 12.3. The topological polar surface area (TPSA) is 0 Å². The van der Waals surface area contributed by atoms with Crippen molar-refractivity contribution in [3.8, 4) is 0 Å². The van der Waals surface area contributed by atoms with Gasteiger partial charge in [0.1, 0.15) is 0 Å². The average Bonchev–Trinajstić information content (AvgIpc) is 3.19. The minimum absolute atomic E-state index is 1.17. The van der Waals surface area contributed by atoms with Crippen LogP contribution in [0.4, 0.5) is 0 Å². The molecule has 0 saturated heterocycles. The third kappa shape index (κ3) is 7.34. The lowest BCUT2D eigenvalue weighted by molar-refractivity contribution is 0.779. The third-order valence-electron chi connectivity index (χ3n) is 3.84. The van der Waals surface area contributed by atoms with E-state index >= 15 is 0 Å². The number of hydrogen-bond acceptors (Lipinski definition) is 6. The predicted octanol–water partition coefficient (Wildman–Crippen LogP) is 9.69. The number of thioether (sulfide) groups is 6. The lowest BCUT2D eigenvalue weighted by Crippen LogP contribution is -1.82. The van der Waals surface area contributed by atoms with Crippen molar-refractivity contribution in [2.45, 2.75) is 72.6 Å². The van der Waals surface area contributed by atoms with Crippen LogP contribution in [-0.4, -0.2) is 11.5 Å². The Balaban J connectivity index is 1.97. The molecule has 0 unspecified atom stereocenters. The van der Waals surface area contributed by atoms with Gasteiger partial charge in [0, 0.05) is 0 Å². The van der Waals surface area contributed by atoms with E-state index in [-0.39, 0.29) is 0 Å². The molecule has 2 rings (SSSR count). The molecule has 0 aromatic rings. The zero-order valence-corrected chi connectivity index (χ0v) is 20.7. The van der Waals surface area contributed by atoms with Crippen LogP contribution in [0.2, 0.25) is 0 Å². The van der Waals surface area contributed by atoms with Crippen molar-refractivity contribution in [2.24, 2.45) is 0 Å². The maximum absolute atomic E-state index is 2.29. The molecule has 25 heavy (non-hydrogen) atoms. The third-order valence-corrected chi connectivity index (χ3v) is 12.9. The average molecular weight is 451 g/mol. The molecule has 6 heteroatoms. The Hall–Kier alpha value is 1.32. The Bertz CT molecular complexity index is 506. The van der Waals surface area contributed by atoms with Gasteiger partial charge in [-0.05, 0) is 47.5 Å². The van der Waals surface area contributed by atoms with Crippen LogP contribution in [-0.2, 0) is 0 Å². The molecule has 0 radical (unpaired) electrons. The van der Waals surface area contributed by atoms with E-state index in [0.717, 1.165) is 0 Å². The summed E-state index contributed by atoms with van der Waals surface area (Å²) in [6.07, 6.45) is 9.21. The Labute approximate surface area is 180 Å². The first-order chi connectivity index (χ1) is 12.2. The largest absolute Gasteiger partial charge is 0.117 e. The minimum Gasteiger partial charge on any atom is -0.117 e. The standard InChI is InChI=1S/C19H30S6/c1-5-8-10-12-20-16-17(21-13-11-9-6-2)25-19(24-16)18-22-14(4)15(7-3)23-18/h5-13H2,1-4H3. The fourth-order valence-corrected chi connectivity index (χ4v) is 11.3. The maximum atomic E-state index is 2.29. The Kier molecular flexibility index (Phi) is 11.5. The van der Waals surface area contributed by atoms with E-state index in [1.165, 1.54) is 69.8 Å². The normalized spacial score (nSPS) is 18.2. The maximum Gasteiger partial charge on any atom is 0.0717 e. The van der Waals surface area contributed by atoms with E-state index in [1.54, 1.807) is 13.4 Å². The molecule has 0 aromatic heterocycles. The van der Waals surface area contributed by atoms with E-state index in [9.17, 15) is 0 Å². The summed E-state index contributed by atoms with van der Waals surface area (Å²) in [5, 5.41) is 0. The highest BCUT2D eigenvalue weighted by molar-refractivity contribution is 8.42. The lowest BCUT2D eigenvalue weighted by Gasteiger charge is -2.04. The van der Waals surface area contributed by atoms with Crippen molar-refractivity contribution in [3.05, 3.63) is 26.8 Å². The number of unbranched alkanes of at least 4 members (excludes halogenated alkanes) is 4. The summed E-state index contributed by atoms with van der Waals surface area (Å²) in [6.45, 7) is 9.13. The van der Waals surface area contributed by atoms with Crippen molar-refractivity contribution >= 4 is 70.6 Å². The molecular formula is C19H30S6. The van der Waals surface area contributed by atoms with Crippen molar-refractivity contribution in [1.82, 2.24) is 0 Å². The van der Waals surface area contributed by atoms with Crippen LogP contribution in [0.3, 0.4) is 0 Å². The molecule has 0 fully saturated rings. The molecule has 0 aliphatic carbocycles. The van der Waals surface area contributed by atoms with E-state index in [0.29, 0.717) is 0 Å². The molecule has 2 aliphatic heterocycles. The Morgan fingerprint density at radius 1 is 0.680 bits per heavy atom. The van der Waals surface area contributed by atoms with Crippen LogP contribution in [0.5, 0.6) is 0 Å². The highest BCUT2D eigenvalue weighted by Crippen LogP contribution is 2.63. The second-order valence-corrected chi connectivity index (χ2v) is 13.6. The summed E-state index contributed by atoms with van der Waals surface area (Å²) in [5.74, 6) is 2.55. The fraction of sp³-hybridized carbons (Fsp3) is 0.684. The monoisotopic (exact) mass is 450 g/mol. The lowest BCUT2D eigenvalue weighted by atomic mass is 10.3. The van der Waals surface area contributed by atoms with Crippen LogP contribution < -0.4 is 0 Å². The van der Waals surface area contributed by atoms with Gasteiger partial charge < -0.3 is 0 Å². The highest BCUT2D eigenvalue weighted by atomic mass is 32.3. The quantitative estimate of drug-likeness (QED) is 0.285. The van der Waals surface area contributed by atoms with E-state index in [4.69, 9.17) is 0 Å². The number of hydrogen-bond donors (Lipinski definition) is 0. The van der Waals surface area contributed by atoms with Gasteiger partial charge in [0.2, 0.25) is 0 Å². The Morgan fingerprint density at radius 3 is 1.64 bits per heavy atom. The molecule has 0 atom stereocenters. The van der Waals surface area contributed by atoms with Gasteiger partial charge in [-0.2, -0.15) is 0 Å². The van der Waals surface area contributed by atoms with E-state index in [2.05, 4.69) is 51.2 Å². The first kappa shape index (κ1) is 22.6. The second kappa shape index (κ2) is 12.7. The second-order valence-electron chi connectivity index (χ2n) is 6.00. The SMILES string of the molecule is CCCCCSC1=C(SCCCCC)SC(=C2SC(C)=C(CC)S2)S1.